The SMILES string of the molecule is c1ccc(-c2ccc(-c3nc(-c4cccc(-c5ccccc5)c4)nc(-c4ccccc4-n4c5ccccc5c5ccccc54)n3)cc2)cc1. The van der Waals surface area contributed by atoms with Crippen molar-refractivity contribution >= 4 is 21.8 Å². The number of benzene rings is 7. The molecular weight excluding hydrogens is 597 g/mol. The third-order valence-electron chi connectivity index (χ3n) is 9.08. The van der Waals surface area contributed by atoms with Gasteiger partial charge in [0.25, 0.3) is 0 Å². The molecule has 0 aliphatic rings. The Morgan fingerprint density at radius 3 is 1.43 bits per heavy atom. The summed E-state index contributed by atoms with van der Waals surface area (Å²) in [5.74, 6) is 1.87. The van der Waals surface area contributed by atoms with Crippen molar-refractivity contribution in [2.24, 2.45) is 0 Å². The lowest BCUT2D eigenvalue weighted by Gasteiger charge is -2.15. The number of fused-ring (bicyclic) bond motifs is 3. The Kier molecular flexibility index (Phi) is 7.10. The van der Waals surface area contributed by atoms with Gasteiger partial charge in [0.2, 0.25) is 0 Å². The molecule has 0 bridgehead atoms. The van der Waals surface area contributed by atoms with E-state index in [-0.39, 0.29) is 0 Å². The Bertz CT molecular complexity index is 2530. The zero-order chi connectivity index (χ0) is 32.6. The Hall–Kier alpha value is -6.65. The fourth-order valence-electron chi connectivity index (χ4n) is 6.71. The van der Waals surface area contributed by atoms with Gasteiger partial charge in [0.15, 0.2) is 17.5 Å². The third kappa shape index (κ3) is 5.26. The molecule has 0 fully saturated rings. The highest BCUT2D eigenvalue weighted by molar-refractivity contribution is 6.09. The van der Waals surface area contributed by atoms with Crippen LogP contribution in [0.2, 0.25) is 0 Å². The number of aromatic nitrogens is 4. The van der Waals surface area contributed by atoms with Crippen LogP contribution in [0.4, 0.5) is 0 Å². The zero-order valence-electron chi connectivity index (χ0n) is 26.6. The maximum absolute atomic E-state index is 5.19. The van der Waals surface area contributed by atoms with Crippen LogP contribution < -0.4 is 0 Å². The topological polar surface area (TPSA) is 43.6 Å². The molecule has 0 aliphatic heterocycles. The molecule has 0 aliphatic carbocycles. The Labute approximate surface area is 284 Å². The van der Waals surface area contributed by atoms with E-state index in [1.54, 1.807) is 0 Å². The summed E-state index contributed by atoms with van der Waals surface area (Å²) in [5.41, 5.74) is 10.6. The highest BCUT2D eigenvalue weighted by Crippen LogP contribution is 2.36. The average Bonchev–Trinajstić information content (AvgIpc) is 3.53. The zero-order valence-corrected chi connectivity index (χ0v) is 26.6. The van der Waals surface area contributed by atoms with Crippen molar-refractivity contribution in [1.82, 2.24) is 19.5 Å². The molecule has 0 N–H and O–H groups in total. The lowest BCUT2D eigenvalue weighted by Crippen LogP contribution is -2.03. The van der Waals surface area contributed by atoms with E-state index in [0.717, 1.165) is 50.1 Å². The second kappa shape index (κ2) is 12.2. The van der Waals surface area contributed by atoms with Crippen molar-refractivity contribution in [3.63, 3.8) is 0 Å². The summed E-state index contributed by atoms with van der Waals surface area (Å²) in [6.07, 6.45) is 0. The van der Waals surface area contributed by atoms with Gasteiger partial charge in [0.05, 0.1) is 16.7 Å². The highest BCUT2D eigenvalue weighted by Gasteiger charge is 2.19. The molecule has 2 aromatic heterocycles. The van der Waals surface area contributed by atoms with Crippen LogP contribution in [0.15, 0.2) is 182 Å². The van der Waals surface area contributed by atoms with Crippen LogP contribution in [-0.4, -0.2) is 19.5 Å². The number of nitrogens with zero attached hydrogens (tertiary/aromatic N) is 4. The van der Waals surface area contributed by atoms with Gasteiger partial charge in [-0.15, -0.1) is 0 Å². The maximum Gasteiger partial charge on any atom is 0.166 e. The predicted molar refractivity (Wildman–Crippen MR) is 201 cm³/mol. The van der Waals surface area contributed by atoms with Gasteiger partial charge < -0.3 is 4.57 Å². The molecule has 0 radical (unpaired) electrons. The monoisotopic (exact) mass is 626 g/mol. The van der Waals surface area contributed by atoms with Crippen LogP contribution in [0.1, 0.15) is 0 Å². The minimum absolute atomic E-state index is 0.620. The Balaban J connectivity index is 1.25. The molecule has 9 aromatic rings. The Morgan fingerprint density at radius 2 is 0.755 bits per heavy atom. The average molecular weight is 627 g/mol. The normalized spacial score (nSPS) is 11.3. The summed E-state index contributed by atoms with van der Waals surface area (Å²) >= 11 is 0. The molecule has 4 nitrogen and oxygen atoms in total. The van der Waals surface area contributed by atoms with E-state index >= 15 is 0 Å². The third-order valence-corrected chi connectivity index (χ3v) is 9.08. The molecular formula is C45H30N4. The molecule has 0 saturated heterocycles. The summed E-state index contributed by atoms with van der Waals surface area (Å²) in [6, 6.07) is 63.3. The van der Waals surface area contributed by atoms with E-state index in [9.17, 15) is 0 Å². The molecule has 4 heteroatoms. The van der Waals surface area contributed by atoms with Gasteiger partial charge in [0.1, 0.15) is 0 Å². The minimum atomic E-state index is 0.620. The first-order valence-electron chi connectivity index (χ1n) is 16.5. The second-order valence-electron chi connectivity index (χ2n) is 12.1. The van der Waals surface area contributed by atoms with Crippen molar-refractivity contribution < 1.29 is 0 Å². The summed E-state index contributed by atoms with van der Waals surface area (Å²) in [4.78, 5) is 15.5. The van der Waals surface area contributed by atoms with Gasteiger partial charge in [-0.05, 0) is 52.6 Å². The molecule has 0 spiro atoms. The minimum Gasteiger partial charge on any atom is -0.309 e. The van der Waals surface area contributed by atoms with Crippen LogP contribution in [0.5, 0.6) is 0 Å². The van der Waals surface area contributed by atoms with Gasteiger partial charge in [-0.25, -0.2) is 15.0 Å². The largest absolute Gasteiger partial charge is 0.309 e. The van der Waals surface area contributed by atoms with E-state index in [4.69, 9.17) is 15.0 Å². The molecule has 0 amide bonds. The molecule has 0 atom stereocenters. The van der Waals surface area contributed by atoms with E-state index in [2.05, 4.69) is 174 Å². The molecule has 2 heterocycles. The number of rotatable bonds is 6. The lowest BCUT2D eigenvalue weighted by molar-refractivity contribution is 1.06. The molecule has 9 rings (SSSR count). The predicted octanol–water partition coefficient (Wildman–Crippen LogP) is 11.3. The van der Waals surface area contributed by atoms with Crippen molar-refractivity contribution in [2.75, 3.05) is 0 Å². The van der Waals surface area contributed by atoms with Crippen LogP contribution in [-0.2, 0) is 0 Å². The molecule has 0 unspecified atom stereocenters. The quantitative estimate of drug-likeness (QED) is 0.184. The van der Waals surface area contributed by atoms with Crippen LogP contribution in [0.25, 0.3) is 83.9 Å². The van der Waals surface area contributed by atoms with E-state index in [1.807, 2.05) is 12.1 Å². The van der Waals surface area contributed by atoms with Crippen molar-refractivity contribution in [2.45, 2.75) is 0 Å². The van der Waals surface area contributed by atoms with E-state index < -0.39 is 0 Å². The van der Waals surface area contributed by atoms with Gasteiger partial charge in [-0.3, -0.25) is 0 Å². The van der Waals surface area contributed by atoms with E-state index in [0.29, 0.717) is 17.5 Å². The number of hydrogen-bond donors (Lipinski definition) is 0. The van der Waals surface area contributed by atoms with Crippen molar-refractivity contribution in [1.29, 1.82) is 0 Å². The van der Waals surface area contributed by atoms with Gasteiger partial charge in [-0.2, -0.15) is 0 Å². The maximum atomic E-state index is 5.19. The first-order valence-corrected chi connectivity index (χ1v) is 16.5. The summed E-state index contributed by atoms with van der Waals surface area (Å²) in [6.45, 7) is 0. The van der Waals surface area contributed by atoms with Crippen molar-refractivity contribution in [3.05, 3.63) is 182 Å². The summed E-state index contributed by atoms with van der Waals surface area (Å²) in [7, 11) is 0. The lowest BCUT2D eigenvalue weighted by atomic mass is 10.0. The fourth-order valence-corrected chi connectivity index (χ4v) is 6.71. The van der Waals surface area contributed by atoms with Crippen LogP contribution >= 0.6 is 0 Å². The number of hydrogen-bond acceptors (Lipinski definition) is 3. The first kappa shape index (κ1) is 28.6. The van der Waals surface area contributed by atoms with Crippen LogP contribution in [0, 0.1) is 0 Å². The van der Waals surface area contributed by atoms with Crippen molar-refractivity contribution in [3.8, 4) is 62.1 Å². The number of para-hydroxylation sites is 3. The second-order valence-corrected chi connectivity index (χ2v) is 12.1. The first-order chi connectivity index (χ1) is 24.3. The summed E-state index contributed by atoms with van der Waals surface area (Å²) < 4.78 is 2.33. The van der Waals surface area contributed by atoms with Crippen LogP contribution in [0.3, 0.4) is 0 Å². The van der Waals surface area contributed by atoms with Gasteiger partial charge >= 0.3 is 0 Å². The molecule has 0 saturated carbocycles. The Morgan fingerprint density at radius 1 is 0.306 bits per heavy atom. The molecule has 49 heavy (non-hydrogen) atoms. The van der Waals surface area contributed by atoms with E-state index in [1.165, 1.54) is 16.3 Å². The summed E-state index contributed by atoms with van der Waals surface area (Å²) in [5, 5.41) is 2.42. The molecule has 7 aromatic carbocycles. The van der Waals surface area contributed by atoms with Gasteiger partial charge in [-0.1, -0.05) is 152 Å². The smallest absolute Gasteiger partial charge is 0.166 e. The molecule has 230 valence electrons. The van der Waals surface area contributed by atoms with Gasteiger partial charge in [0, 0.05) is 27.5 Å². The standard InChI is InChI=1S/C45H30N4/c1-3-14-31(15-4-1)33-26-28-34(29-27-33)43-46-44(36-19-13-18-35(30-36)32-16-5-2-6-17-32)48-45(47-43)39-22-9-12-25-42(39)49-40-23-10-7-20-37(40)38-21-8-11-24-41(38)49/h1-30H. The highest BCUT2D eigenvalue weighted by atomic mass is 15.1. The fraction of sp³-hybridized carbons (Fsp3) is 0.